The maximum atomic E-state index is 11.9. The molecule has 25 heavy (non-hydrogen) atoms. The van der Waals surface area contributed by atoms with Crippen molar-refractivity contribution in [3.8, 4) is 11.5 Å². The highest BCUT2D eigenvalue weighted by Gasteiger charge is 2.24. The van der Waals surface area contributed by atoms with Crippen LogP contribution in [-0.2, 0) is 9.53 Å². The molecule has 1 aromatic carbocycles. The lowest BCUT2D eigenvalue weighted by atomic mass is 10.0. The third-order valence-electron chi connectivity index (χ3n) is 3.38. The quantitative estimate of drug-likeness (QED) is 0.300. The highest BCUT2D eigenvalue weighted by molar-refractivity contribution is 5.94. The number of carbonyl (C=O) groups is 1. The zero-order chi connectivity index (χ0) is 19.1. The van der Waals surface area contributed by atoms with E-state index in [1.54, 1.807) is 0 Å². The highest BCUT2D eigenvalue weighted by atomic mass is 16.6. The van der Waals surface area contributed by atoms with Crippen molar-refractivity contribution in [3.05, 3.63) is 43.5 Å². The number of nitro groups is 2. The summed E-state index contributed by atoms with van der Waals surface area (Å²) < 4.78 is 14.7. The average molecular weight is 354 g/mol. The van der Waals surface area contributed by atoms with Crippen molar-refractivity contribution in [3.63, 3.8) is 0 Å². The van der Waals surface area contributed by atoms with Crippen molar-refractivity contribution >= 4 is 17.7 Å². The van der Waals surface area contributed by atoms with Crippen LogP contribution >= 0.6 is 0 Å². The molecule has 10 heteroatoms. The molecule has 1 rings (SSSR count). The van der Waals surface area contributed by atoms with E-state index in [0.717, 1.165) is 13.2 Å². The summed E-state index contributed by atoms with van der Waals surface area (Å²) in [5.41, 5.74) is -0.367. The van der Waals surface area contributed by atoms with E-state index < -0.39 is 21.9 Å². The van der Waals surface area contributed by atoms with E-state index in [-0.39, 0.29) is 34.7 Å². The van der Waals surface area contributed by atoms with Gasteiger partial charge in [-0.3, -0.25) is 20.2 Å². The summed E-state index contributed by atoms with van der Waals surface area (Å²) in [6.45, 7) is 1.32. The monoisotopic (exact) mass is 354 g/mol. The molecule has 0 bridgehead atoms. The molecule has 0 heterocycles. The highest BCUT2D eigenvalue weighted by Crippen LogP contribution is 2.36. The number of hydrogen-bond donors (Lipinski definition) is 0. The maximum Gasteiger partial charge on any atom is 0.334 e. The number of esters is 1. The lowest BCUT2D eigenvalue weighted by Gasteiger charge is -2.10. The SMILES string of the molecule is COC(=O)/C(=C/c1cc(OC)c(OC)cc1[N+](=O)[O-])CC(C)[N+](=O)[O-]. The van der Waals surface area contributed by atoms with Gasteiger partial charge in [-0.25, -0.2) is 4.79 Å². The standard InChI is InChI=1S/C15H18N2O8/c1-9(16(19)20)5-11(15(18)25-4)6-10-7-13(23-2)14(24-3)8-12(10)17(21)22/h6-9H,5H2,1-4H3/b11-6+. The van der Waals surface area contributed by atoms with Crippen LogP contribution in [0.25, 0.3) is 6.08 Å². The Balaban J connectivity index is 3.51. The second-order valence-corrected chi connectivity index (χ2v) is 5.02. The van der Waals surface area contributed by atoms with Crippen molar-refractivity contribution in [2.24, 2.45) is 0 Å². The minimum Gasteiger partial charge on any atom is -0.493 e. The first-order chi connectivity index (χ1) is 11.7. The predicted octanol–water partition coefficient (Wildman–Crippen LogP) is 2.22. The largest absolute Gasteiger partial charge is 0.493 e. The molecule has 0 aliphatic carbocycles. The Hall–Kier alpha value is -3.17. The number of rotatable bonds is 8. The van der Waals surface area contributed by atoms with E-state index in [9.17, 15) is 25.0 Å². The van der Waals surface area contributed by atoms with E-state index >= 15 is 0 Å². The van der Waals surface area contributed by atoms with Gasteiger partial charge in [0.05, 0.1) is 37.9 Å². The number of hydrogen-bond acceptors (Lipinski definition) is 8. The van der Waals surface area contributed by atoms with E-state index in [4.69, 9.17) is 9.47 Å². The molecule has 0 saturated heterocycles. The second kappa shape index (κ2) is 8.62. The molecule has 0 radical (unpaired) electrons. The van der Waals surface area contributed by atoms with Gasteiger partial charge >= 0.3 is 5.97 Å². The van der Waals surface area contributed by atoms with Crippen LogP contribution in [0.4, 0.5) is 5.69 Å². The smallest absolute Gasteiger partial charge is 0.334 e. The number of carbonyl (C=O) groups excluding carboxylic acids is 1. The van der Waals surface area contributed by atoms with Crippen LogP contribution in [0.1, 0.15) is 18.9 Å². The van der Waals surface area contributed by atoms with Crippen LogP contribution in [0.3, 0.4) is 0 Å². The lowest BCUT2D eigenvalue weighted by molar-refractivity contribution is -0.517. The Bertz CT molecular complexity index is 714. The van der Waals surface area contributed by atoms with Gasteiger partial charge in [0.15, 0.2) is 11.5 Å². The Labute approximate surface area is 143 Å². The Morgan fingerprint density at radius 1 is 1.16 bits per heavy atom. The Morgan fingerprint density at radius 2 is 1.72 bits per heavy atom. The van der Waals surface area contributed by atoms with E-state index in [1.807, 2.05) is 0 Å². The topological polar surface area (TPSA) is 131 Å². The summed E-state index contributed by atoms with van der Waals surface area (Å²) in [6.07, 6.45) is 0.942. The van der Waals surface area contributed by atoms with Crippen LogP contribution in [0.5, 0.6) is 11.5 Å². The summed E-state index contributed by atoms with van der Waals surface area (Å²) in [4.78, 5) is 32.8. The van der Waals surface area contributed by atoms with Gasteiger partial charge in [-0.1, -0.05) is 0 Å². The summed E-state index contributed by atoms with van der Waals surface area (Å²) in [7, 11) is 3.80. The number of methoxy groups -OCH3 is 3. The minimum atomic E-state index is -1.07. The fourth-order valence-corrected chi connectivity index (χ4v) is 2.07. The fourth-order valence-electron chi connectivity index (χ4n) is 2.07. The molecule has 0 aliphatic rings. The number of nitrogens with zero attached hydrogens (tertiary/aromatic N) is 2. The van der Waals surface area contributed by atoms with Crippen LogP contribution in [0.15, 0.2) is 17.7 Å². The van der Waals surface area contributed by atoms with Crippen LogP contribution in [0, 0.1) is 20.2 Å². The van der Waals surface area contributed by atoms with Crippen molar-refractivity contribution in [1.82, 2.24) is 0 Å². The van der Waals surface area contributed by atoms with E-state index in [0.29, 0.717) is 0 Å². The van der Waals surface area contributed by atoms with Crippen molar-refractivity contribution in [2.45, 2.75) is 19.4 Å². The van der Waals surface area contributed by atoms with Crippen LogP contribution in [0.2, 0.25) is 0 Å². The van der Waals surface area contributed by atoms with Gasteiger partial charge in [-0.15, -0.1) is 0 Å². The number of ether oxygens (including phenoxy) is 3. The van der Waals surface area contributed by atoms with Gasteiger partial charge in [0, 0.05) is 23.8 Å². The molecular formula is C15H18N2O8. The molecule has 0 saturated carbocycles. The van der Waals surface area contributed by atoms with E-state index in [2.05, 4.69) is 4.74 Å². The van der Waals surface area contributed by atoms with Crippen LogP contribution in [-0.4, -0.2) is 43.2 Å². The third kappa shape index (κ3) is 4.90. The fraction of sp³-hybridized carbons (Fsp3) is 0.400. The average Bonchev–Trinajstić information content (AvgIpc) is 2.59. The Morgan fingerprint density at radius 3 is 2.16 bits per heavy atom. The molecule has 1 aromatic rings. The maximum absolute atomic E-state index is 11.9. The van der Waals surface area contributed by atoms with Gasteiger partial charge in [0.25, 0.3) is 5.69 Å². The molecule has 1 unspecified atom stereocenters. The summed E-state index contributed by atoms with van der Waals surface area (Å²) in [5.74, 6) is -0.451. The van der Waals surface area contributed by atoms with Gasteiger partial charge in [-0.2, -0.15) is 0 Å². The zero-order valence-corrected chi connectivity index (χ0v) is 14.2. The number of nitro benzene ring substituents is 1. The molecule has 136 valence electrons. The summed E-state index contributed by atoms with van der Waals surface area (Å²) >= 11 is 0. The molecule has 0 fully saturated rings. The molecule has 10 nitrogen and oxygen atoms in total. The minimum absolute atomic E-state index is 0.0404. The van der Waals surface area contributed by atoms with Crippen molar-refractivity contribution in [2.75, 3.05) is 21.3 Å². The Kier molecular flexibility index (Phi) is 6.85. The molecule has 1 atom stereocenters. The summed E-state index contributed by atoms with van der Waals surface area (Å²) in [5, 5.41) is 22.1. The van der Waals surface area contributed by atoms with Gasteiger partial charge in [0.2, 0.25) is 6.04 Å². The zero-order valence-electron chi connectivity index (χ0n) is 14.2. The van der Waals surface area contributed by atoms with Crippen LogP contribution < -0.4 is 9.47 Å². The molecule has 0 amide bonds. The number of benzene rings is 1. The van der Waals surface area contributed by atoms with Crippen molar-refractivity contribution < 1.29 is 28.9 Å². The first-order valence-electron chi connectivity index (χ1n) is 7.07. The van der Waals surface area contributed by atoms with Gasteiger partial charge in [0.1, 0.15) is 0 Å². The molecule has 0 spiro atoms. The first kappa shape index (κ1) is 19.9. The first-order valence-corrected chi connectivity index (χ1v) is 7.07. The van der Waals surface area contributed by atoms with E-state index in [1.165, 1.54) is 33.3 Å². The van der Waals surface area contributed by atoms with Gasteiger partial charge in [-0.05, 0) is 12.1 Å². The molecule has 0 aromatic heterocycles. The second-order valence-electron chi connectivity index (χ2n) is 5.02. The molecule has 0 aliphatic heterocycles. The van der Waals surface area contributed by atoms with Gasteiger partial charge < -0.3 is 14.2 Å². The third-order valence-corrected chi connectivity index (χ3v) is 3.38. The van der Waals surface area contributed by atoms with Crippen molar-refractivity contribution in [1.29, 1.82) is 0 Å². The molecule has 0 N–H and O–H groups in total. The summed E-state index contributed by atoms with van der Waals surface area (Å²) in [6, 6.07) is 1.40. The predicted molar refractivity (Wildman–Crippen MR) is 87.3 cm³/mol. The molecular weight excluding hydrogens is 336 g/mol. The lowest BCUT2D eigenvalue weighted by Crippen LogP contribution is -2.19. The normalized spacial score (nSPS) is 12.2.